The Bertz CT molecular complexity index is 11.6. The van der Waals surface area contributed by atoms with E-state index in [0.29, 0.717) is 0 Å². The van der Waals surface area contributed by atoms with Crippen LogP contribution in [0.15, 0.2) is 0 Å². The van der Waals surface area contributed by atoms with Gasteiger partial charge in [-0.1, -0.05) is 0 Å². The Morgan fingerprint density at radius 2 is 1.00 bits per heavy atom. The van der Waals surface area contributed by atoms with Crippen molar-refractivity contribution in [2.45, 2.75) is 0 Å². The van der Waals surface area contributed by atoms with Crippen LogP contribution < -0.4 is 0 Å². The van der Waals surface area contributed by atoms with Crippen LogP contribution in [0.1, 0.15) is 0 Å². The Kier molecular flexibility index (Phi) is 10.0. The minimum absolute atomic E-state index is 0. The maximum absolute atomic E-state index is 4.91. The standard InChI is InChI=1S/Cl3P.H2O/c1-4(2)3;/h;1H2. The number of halogens is 3. The van der Waals surface area contributed by atoms with Crippen molar-refractivity contribution in [3.63, 3.8) is 0 Å². The molecule has 0 saturated heterocycles. The third-order valence-corrected chi connectivity index (χ3v) is 0. The summed E-state index contributed by atoms with van der Waals surface area (Å²) in [5, 5.41) is 0. The highest BCUT2D eigenvalue weighted by Gasteiger charge is 1.95. The van der Waals surface area contributed by atoms with Gasteiger partial charge < -0.3 is 5.48 Å². The Labute approximate surface area is 45.6 Å². The number of rotatable bonds is 0. The molecular weight excluding hydrogens is 153 g/mol. The summed E-state index contributed by atoms with van der Waals surface area (Å²) in [5.74, 6) is -1.46. The van der Waals surface area contributed by atoms with E-state index in [-0.39, 0.29) is 5.48 Å². The Morgan fingerprint density at radius 1 is 1.00 bits per heavy atom. The Morgan fingerprint density at radius 3 is 1.00 bits per heavy atom. The molecule has 0 aromatic heterocycles. The summed E-state index contributed by atoms with van der Waals surface area (Å²) in [7, 11) is 0. The molecule has 0 heterocycles. The summed E-state index contributed by atoms with van der Waals surface area (Å²) in [6.07, 6.45) is 0. The van der Waals surface area contributed by atoms with E-state index in [0.717, 1.165) is 0 Å². The average Bonchev–Trinajstić information content (AvgIpc) is 0.811. The van der Waals surface area contributed by atoms with Crippen molar-refractivity contribution in [2.75, 3.05) is 0 Å². The third-order valence-electron chi connectivity index (χ3n) is 0. The molecule has 0 bridgehead atoms. The fourth-order valence-corrected chi connectivity index (χ4v) is 0. The third kappa shape index (κ3) is 35.2. The minimum Gasteiger partial charge on any atom is -0.870 e. The van der Waals surface area contributed by atoms with Crippen molar-refractivity contribution in [3.8, 4) is 0 Å². The fraction of sp³-hybridized carbons (Fsp3) is 0. The van der Waals surface area contributed by atoms with Gasteiger partial charge in [0.05, 0.1) is 0 Å². The van der Waals surface area contributed by atoms with Crippen molar-refractivity contribution >= 4 is 39.7 Å². The van der Waals surface area contributed by atoms with Crippen LogP contribution in [0.25, 0.3) is 0 Å². The van der Waals surface area contributed by atoms with E-state index in [1.165, 1.54) is 0 Å². The van der Waals surface area contributed by atoms with E-state index in [9.17, 15) is 0 Å². The molecule has 0 aromatic carbocycles. The predicted molar refractivity (Wildman–Crippen MR) is 27.8 cm³/mol. The van der Waals surface area contributed by atoms with Crippen LogP contribution in [0.4, 0.5) is 0 Å². The molecule has 0 spiro atoms. The van der Waals surface area contributed by atoms with Crippen molar-refractivity contribution in [3.05, 3.63) is 0 Å². The minimum atomic E-state index is -1.46. The first kappa shape index (κ1) is 9.54. The summed E-state index contributed by atoms with van der Waals surface area (Å²) in [5.41, 5.74) is 0. The molecule has 0 fully saturated rings. The van der Waals surface area contributed by atoms with E-state index in [1.807, 2.05) is 0 Å². The predicted octanol–water partition coefficient (Wildman–Crippen LogP) is 2.49. The molecule has 0 radical (unpaired) electrons. The first-order chi connectivity index (χ1) is 1.73. The van der Waals surface area contributed by atoms with Crippen molar-refractivity contribution < 1.29 is 5.48 Å². The molecule has 0 aliphatic rings. The van der Waals surface area contributed by atoms with Gasteiger partial charge in [-0.25, -0.2) is 0 Å². The summed E-state index contributed by atoms with van der Waals surface area (Å²) in [6.45, 7) is 0. The average molecular weight is 155 g/mol. The Balaban J connectivity index is 0. The van der Waals surface area contributed by atoms with Gasteiger partial charge >= 0.3 is 0 Å². The molecule has 0 aromatic rings. The Hall–Kier alpha value is 1.26. The molecule has 5 heavy (non-hydrogen) atoms. The summed E-state index contributed by atoms with van der Waals surface area (Å²) >= 11 is 14.7. The first-order valence-corrected chi connectivity index (χ1v) is 5.10. The molecule has 0 atom stereocenters. The lowest BCUT2D eigenvalue weighted by atomic mass is 16.0. The van der Waals surface area contributed by atoms with Crippen LogP contribution >= 0.6 is 39.7 Å². The molecule has 0 amide bonds. The molecule has 0 unspecified atom stereocenters. The fourth-order valence-electron chi connectivity index (χ4n) is 0. The van der Waals surface area contributed by atoms with Crippen LogP contribution in [0.2, 0.25) is 0 Å². The largest absolute Gasteiger partial charge is 0.870 e. The maximum atomic E-state index is 4.91. The SMILES string of the molecule is Cl[PH+](Cl)Cl.[OH-]. The van der Waals surface area contributed by atoms with E-state index in [1.54, 1.807) is 0 Å². The van der Waals surface area contributed by atoms with Gasteiger partial charge in [-0.05, 0) is 0 Å². The monoisotopic (exact) mass is 154 g/mol. The van der Waals surface area contributed by atoms with Crippen LogP contribution in [0.3, 0.4) is 0 Å². The lowest BCUT2D eigenvalue weighted by molar-refractivity contribution is 0.824. The second-order valence-electron chi connectivity index (χ2n) is 0.214. The second-order valence-corrected chi connectivity index (χ2v) is 5.79. The molecule has 1 nitrogen and oxygen atoms in total. The molecule has 0 aliphatic carbocycles. The first-order valence-electron chi connectivity index (χ1n) is 0.567. The topological polar surface area (TPSA) is 30.0 Å². The van der Waals surface area contributed by atoms with Crippen LogP contribution in [0, 0.1) is 0 Å². The molecule has 34 valence electrons. The summed E-state index contributed by atoms with van der Waals surface area (Å²) in [6, 6.07) is 0. The quantitative estimate of drug-likeness (QED) is 0.494. The molecule has 0 saturated carbocycles. The molecule has 0 aliphatic heterocycles. The van der Waals surface area contributed by atoms with E-state index in [2.05, 4.69) is 0 Å². The number of hydrogen-bond donors (Lipinski definition) is 0. The van der Waals surface area contributed by atoms with E-state index < -0.39 is 5.98 Å². The van der Waals surface area contributed by atoms with Gasteiger partial charge in [-0.3, -0.25) is 0 Å². The zero-order chi connectivity index (χ0) is 3.58. The molecule has 5 heteroatoms. The van der Waals surface area contributed by atoms with Crippen LogP contribution in [0.5, 0.6) is 0 Å². The lowest BCUT2D eigenvalue weighted by Crippen LogP contribution is -0.958. The van der Waals surface area contributed by atoms with Crippen LogP contribution in [-0.2, 0) is 0 Å². The van der Waals surface area contributed by atoms with Gasteiger partial charge in [0.1, 0.15) is 33.7 Å². The zero-order valence-corrected chi connectivity index (χ0v) is 5.35. The van der Waals surface area contributed by atoms with Crippen molar-refractivity contribution in [2.24, 2.45) is 0 Å². The zero-order valence-electron chi connectivity index (χ0n) is 2.08. The smallest absolute Gasteiger partial charge is 0.296 e. The molecule has 0 rings (SSSR count). The van der Waals surface area contributed by atoms with Crippen molar-refractivity contribution in [1.82, 2.24) is 0 Å². The van der Waals surface area contributed by atoms with Gasteiger partial charge in [-0.15, -0.1) is 0 Å². The van der Waals surface area contributed by atoms with Gasteiger partial charge in [0.15, 0.2) is 0 Å². The van der Waals surface area contributed by atoms with Gasteiger partial charge in [0.2, 0.25) is 0 Å². The summed E-state index contributed by atoms with van der Waals surface area (Å²) < 4.78 is 0. The lowest BCUT2D eigenvalue weighted by Gasteiger charge is -1.52. The van der Waals surface area contributed by atoms with Gasteiger partial charge in [0, 0.05) is 0 Å². The van der Waals surface area contributed by atoms with E-state index >= 15 is 0 Å². The highest BCUT2D eigenvalue weighted by Crippen LogP contribution is 2.51. The highest BCUT2D eigenvalue weighted by molar-refractivity contribution is 8.20. The second kappa shape index (κ2) is 5.26. The normalized spacial score (nSPS) is 7.20. The van der Waals surface area contributed by atoms with E-state index in [4.69, 9.17) is 33.7 Å². The molecular formula is H2Cl3OP. The maximum Gasteiger partial charge on any atom is 0.296 e. The van der Waals surface area contributed by atoms with Gasteiger partial charge in [-0.2, -0.15) is 0 Å². The van der Waals surface area contributed by atoms with Crippen LogP contribution in [-0.4, -0.2) is 5.48 Å². The highest BCUT2D eigenvalue weighted by atomic mass is 36.0. The van der Waals surface area contributed by atoms with Crippen molar-refractivity contribution in [1.29, 1.82) is 0 Å². The molecule has 1 N–H and O–H groups in total. The van der Waals surface area contributed by atoms with Gasteiger partial charge in [0.25, 0.3) is 5.98 Å². The summed E-state index contributed by atoms with van der Waals surface area (Å²) in [4.78, 5) is 0. The number of hydrogen-bond acceptors (Lipinski definition) is 1.